The number of unbranched alkanes of at least 4 members (excludes halogenated alkanes) is 36. The highest BCUT2D eigenvalue weighted by molar-refractivity contribution is 7.47. The van der Waals surface area contributed by atoms with E-state index in [9.17, 15) is 19.4 Å². The summed E-state index contributed by atoms with van der Waals surface area (Å²) in [4.78, 5) is 23.3. The smallest absolute Gasteiger partial charge is 0.391 e. The Hall–Kier alpha value is -0.500. The molecule has 9 heteroatoms. The number of hydrogen-bond acceptors (Lipinski definition) is 5. The molecule has 3 N–H and O–H groups in total. The molecule has 0 aliphatic heterocycles. The van der Waals surface area contributed by atoms with Crippen LogP contribution in [0.1, 0.15) is 271 Å². The number of rotatable bonds is 49. The summed E-state index contributed by atoms with van der Waals surface area (Å²) in [6.07, 6.45) is 50.0. The van der Waals surface area contributed by atoms with E-state index in [1.54, 1.807) is 0 Å². The molecule has 0 aromatic carbocycles. The van der Waals surface area contributed by atoms with Crippen LogP contribution in [0.15, 0.2) is 0 Å². The van der Waals surface area contributed by atoms with Crippen molar-refractivity contribution in [3.8, 4) is 0 Å². The molecular weight excluding hydrogens is 768 g/mol. The minimum Gasteiger partial charge on any atom is -0.391 e. The van der Waals surface area contributed by atoms with Gasteiger partial charge >= 0.3 is 7.82 Å². The van der Waals surface area contributed by atoms with E-state index in [0.29, 0.717) is 23.9 Å². The molecule has 60 heavy (non-hydrogen) atoms. The fraction of sp³-hybridized carbons (Fsp3) is 0.980. The van der Waals surface area contributed by atoms with Gasteiger partial charge in [-0.05, 0) is 12.8 Å². The quantitative estimate of drug-likeness (QED) is 0.0319. The average Bonchev–Trinajstić information content (AvgIpc) is 3.20. The molecule has 0 saturated heterocycles. The Balaban J connectivity index is 4.15. The van der Waals surface area contributed by atoms with Crippen LogP contribution in [-0.2, 0) is 18.4 Å². The van der Waals surface area contributed by atoms with Crippen LogP contribution in [0.5, 0.6) is 0 Å². The molecule has 0 heterocycles. The van der Waals surface area contributed by atoms with Gasteiger partial charge in [0.25, 0.3) is 0 Å². The van der Waals surface area contributed by atoms with E-state index in [0.717, 1.165) is 38.5 Å². The van der Waals surface area contributed by atoms with Crippen LogP contribution in [0.25, 0.3) is 0 Å². The van der Waals surface area contributed by atoms with Crippen molar-refractivity contribution in [1.82, 2.24) is 5.32 Å². The molecule has 8 nitrogen and oxygen atoms in total. The van der Waals surface area contributed by atoms with Crippen LogP contribution >= 0.6 is 7.82 Å². The van der Waals surface area contributed by atoms with Gasteiger partial charge < -0.3 is 19.8 Å². The predicted octanol–water partition coefficient (Wildman–Crippen LogP) is 15.3. The van der Waals surface area contributed by atoms with Gasteiger partial charge in [-0.3, -0.25) is 13.8 Å². The number of nitrogens with one attached hydrogen (secondary N) is 1. The third-order valence-electron chi connectivity index (χ3n) is 12.4. The van der Waals surface area contributed by atoms with Crippen LogP contribution in [-0.4, -0.2) is 73.4 Å². The van der Waals surface area contributed by atoms with E-state index in [2.05, 4.69) is 19.2 Å². The topological polar surface area (TPSA) is 105 Å². The monoisotopic (exact) mass is 874 g/mol. The molecule has 0 aromatic heterocycles. The first kappa shape index (κ1) is 59.5. The molecule has 1 amide bonds. The van der Waals surface area contributed by atoms with Crippen molar-refractivity contribution in [2.24, 2.45) is 0 Å². The van der Waals surface area contributed by atoms with Crippen LogP contribution in [0, 0.1) is 0 Å². The lowest BCUT2D eigenvalue weighted by Gasteiger charge is -2.26. The van der Waals surface area contributed by atoms with Gasteiger partial charge in [-0.25, -0.2) is 4.57 Å². The van der Waals surface area contributed by atoms with E-state index in [1.807, 2.05) is 21.1 Å². The lowest BCUT2D eigenvalue weighted by molar-refractivity contribution is -0.870. The summed E-state index contributed by atoms with van der Waals surface area (Å²) in [5.41, 5.74) is 0. The summed E-state index contributed by atoms with van der Waals surface area (Å²) in [7, 11) is 1.63. The standard InChI is InChI=1S/C51H105N2O6P/c1-6-8-10-12-14-16-18-20-22-23-24-25-26-27-28-29-31-33-35-37-39-41-43-45-51(55)52-49(48-59-60(56,57)58-47-46-53(3,4)5)50(54)44-42-40-38-36-34-32-30-21-19-17-15-13-11-9-7-2/h49-50,54H,6-48H2,1-5H3,(H-,52,55,56,57)/p+1/t49-,50+/m0/s1. The summed E-state index contributed by atoms with van der Waals surface area (Å²) in [6.45, 7) is 4.93. The second-order valence-electron chi connectivity index (χ2n) is 19.6. The molecular formula is C51H106N2O6P+. The summed E-state index contributed by atoms with van der Waals surface area (Å²) >= 11 is 0. The first-order valence-corrected chi connectivity index (χ1v) is 27.9. The van der Waals surface area contributed by atoms with Crippen molar-refractivity contribution in [3.63, 3.8) is 0 Å². The van der Waals surface area contributed by atoms with Gasteiger partial charge in [0.2, 0.25) is 5.91 Å². The Morgan fingerprint density at radius 2 is 0.800 bits per heavy atom. The highest BCUT2D eigenvalue weighted by Crippen LogP contribution is 2.43. The molecule has 0 saturated carbocycles. The second-order valence-corrected chi connectivity index (χ2v) is 21.1. The minimum atomic E-state index is -4.31. The Morgan fingerprint density at radius 3 is 1.12 bits per heavy atom. The van der Waals surface area contributed by atoms with E-state index < -0.39 is 20.0 Å². The molecule has 0 aromatic rings. The van der Waals surface area contributed by atoms with Crippen LogP contribution in [0.2, 0.25) is 0 Å². The van der Waals surface area contributed by atoms with Crippen molar-refractivity contribution in [2.45, 2.75) is 283 Å². The predicted molar refractivity (Wildman–Crippen MR) is 259 cm³/mol. The first-order valence-electron chi connectivity index (χ1n) is 26.4. The first-order chi connectivity index (χ1) is 29.0. The maximum Gasteiger partial charge on any atom is 0.472 e. The average molecular weight is 874 g/mol. The van der Waals surface area contributed by atoms with E-state index in [-0.39, 0.29) is 19.1 Å². The number of carbonyl (C=O) groups is 1. The van der Waals surface area contributed by atoms with Crippen molar-refractivity contribution >= 4 is 13.7 Å². The zero-order chi connectivity index (χ0) is 44.3. The number of phosphoric acid groups is 1. The molecule has 0 rings (SSSR count). The van der Waals surface area contributed by atoms with Crippen molar-refractivity contribution in [2.75, 3.05) is 40.9 Å². The van der Waals surface area contributed by atoms with Gasteiger partial charge in [0.15, 0.2) is 0 Å². The van der Waals surface area contributed by atoms with Gasteiger partial charge in [0.1, 0.15) is 13.2 Å². The second kappa shape index (κ2) is 43.7. The largest absolute Gasteiger partial charge is 0.472 e. The molecule has 0 fully saturated rings. The number of carbonyl (C=O) groups excluding carboxylic acids is 1. The summed E-state index contributed by atoms with van der Waals surface area (Å²) in [6, 6.07) is -0.754. The van der Waals surface area contributed by atoms with E-state index in [1.165, 1.54) is 205 Å². The fourth-order valence-corrected chi connectivity index (χ4v) is 8.90. The zero-order valence-electron chi connectivity index (χ0n) is 41.0. The highest BCUT2D eigenvalue weighted by atomic mass is 31.2. The third-order valence-corrected chi connectivity index (χ3v) is 13.3. The minimum absolute atomic E-state index is 0.0789. The Kier molecular flexibility index (Phi) is 43.4. The van der Waals surface area contributed by atoms with Gasteiger partial charge in [0.05, 0.1) is 39.9 Å². The van der Waals surface area contributed by atoms with E-state index >= 15 is 0 Å². The molecule has 0 spiro atoms. The maximum atomic E-state index is 13.0. The molecule has 0 aliphatic rings. The third kappa shape index (κ3) is 45.5. The lowest BCUT2D eigenvalue weighted by atomic mass is 10.0. The van der Waals surface area contributed by atoms with Gasteiger partial charge in [-0.1, -0.05) is 251 Å². The van der Waals surface area contributed by atoms with Gasteiger partial charge in [-0.15, -0.1) is 0 Å². The highest BCUT2D eigenvalue weighted by Gasteiger charge is 2.28. The molecule has 0 aliphatic carbocycles. The van der Waals surface area contributed by atoms with E-state index in [4.69, 9.17) is 9.05 Å². The molecule has 1 unspecified atom stereocenters. The lowest BCUT2D eigenvalue weighted by Crippen LogP contribution is -2.46. The number of likely N-dealkylation sites (N-methyl/N-ethyl adjacent to an activating group) is 1. The number of aliphatic hydroxyl groups is 1. The SMILES string of the molecule is CCCCCCCCCCCCCCCCCCCCCCCCCC(=O)N[C@@H](COP(=O)(O)OCC[N+](C)(C)C)[C@H](O)CCCCCCCCCCCCCCCCC. The Bertz CT molecular complexity index is 947. The van der Waals surface area contributed by atoms with Crippen molar-refractivity contribution < 1.29 is 32.9 Å². The van der Waals surface area contributed by atoms with Crippen LogP contribution < -0.4 is 5.32 Å². The van der Waals surface area contributed by atoms with Crippen molar-refractivity contribution in [1.29, 1.82) is 0 Å². The number of hydrogen-bond donors (Lipinski definition) is 3. The number of phosphoric ester groups is 1. The molecule has 0 radical (unpaired) electrons. The number of amides is 1. The number of nitrogens with zero attached hydrogens (tertiary/aromatic N) is 1. The fourth-order valence-electron chi connectivity index (χ4n) is 8.17. The van der Waals surface area contributed by atoms with Gasteiger partial charge in [-0.2, -0.15) is 0 Å². The molecule has 3 atom stereocenters. The Morgan fingerprint density at radius 1 is 0.500 bits per heavy atom. The number of aliphatic hydroxyl groups excluding tert-OH is 1. The normalized spacial score (nSPS) is 14.1. The summed E-state index contributed by atoms with van der Waals surface area (Å²) in [5.74, 6) is -0.138. The number of quaternary nitrogens is 1. The van der Waals surface area contributed by atoms with Crippen molar-refractivity contribution in [3.05, 3.63) is 0 Å². The Labute approximate surface area is 374 Å². The zero-order valence-corrected chi connectivity index (χ0v) is 41.9. The van der Waals surface area contributed by atoms with Crippen LogP contribution in [0.4, 0.5) is 0 Å². The summed E-state index contributed by atoms with van der Waals surface area (Å²) < 4.78 is 23.7. The van der Waals surface area contributed by atoms with Gasteiger partial charge in [0, 0.05) is 6.42 Å². The van der Waals surface area contributed by atoms with Crippen LogP contribution in [0.3, 0.4) is 0 Å². The maximum absolute atomic E-state index is 13.0. The molecule has 360 valence electrons. The summed E-state index contributed by atoms with van der Waals surface area (Å²) in [5, 5.41) is 14.0. The molecule has 0 bridgehead atoms.